The number of hydrogen-bond acceptors (Lipinski definition) is 6. The molecule has 0 aromatic heterocycles. The van der Waals surface area contributed by atoms with Crippen molar-refractivity contribution in [1.29, 1.82) is 0 Å². The summed E-state index contributed by atoms with van der Waals surface area (Å²) in [5, 5.41) is 9.43. The monoisotopic (exact) mass is 310 g/mol. The molecule has 1 N–H and O–H groups in total. The molecule has 6 nitrogen and oxygen atoms in total. The van der Waals surface area contributed by atoms with Crippen molar-refractivity contribution in [3.8, 4) is 11.5 Å². The Labute approximate surface area is 129 Å². The number of esters is 1. The number of rotatable bonds is 7. The van der Waals surface area contributed by atoms with Gasteiger partial charge in [0, 0.05) is 12.0 Å². The molecule has 1 aromatic rings. The maximum atomic E-state index is 11.3. The summed E-state index contributed by atoms with van der Waals surface area (Å²) in [6.07, 6.45) is 2.75. The molecule has 1 unspecified atom stereocenters. The fourth-order valence-corrected chi connectivity index (χ4v) is 2.19. The maximum absolute atomic E-state index is 11.3. The van der Waals surface area contributed by atoms with Crippen LogP contribution in [-0.2, 0) is 20.9 Å². The van der Waals surface area contributed by atoms with Crippen LogP contribution < -0.4 is 9.47 Å². The van der Waals surface area contributed by atoms with Crippen molar-refractivity contribution in [1.82, 2.24) is 0 Å². The van der Waals surface area contributed by atoms with E-state index in [1.54, 1.807) is 25.1 Å². The fourth-order valence-electron chi connectivity index (χ4n) is 2.19. The molecule has 1 aliphatic rings. The van der Waals surface area contributed by atoms with E-state index in [0.29, 0.717) is 30.3 Å². The largest absolute Gasteiger partial charge is 0.482 e. The van der Waals surface area contributed by atoms with Crippen LogP contribution in [0.15, 0.2) is 18.2 Å². The average molecular weight is 310 g/mol. The van der Waals surface area contributed by atoms with E-state index in [2.05, 4.69) is 0 Å². The van der Waals surface area contributed by atoms with Gasteiger partial charge in [-0.25, -0.2) is 4.79 Å². The molecular weight excluding hydrogens is 288 g/mol. The van der Waals surface area contributed by atoms with Gasteiger partial charge in [-0.2, -0.15) is 0 Å². The standard InChI is InChI=1S/C16H22O6/c1-2-19-15(18)11-21-14-7-6-13(9-12(14)10-17)22-16-5-3-4-8-20-16/h6-7,9,16-17H,2-5,8,10-11H2,1H3. The summed E-state index contributed by atoms with van der Waals surface area (Å²) < 4.78 is 21.4. The molecule has 1 fully saturated rings. The Bertz CT molecular complexity index is 482. The molecule has 6 heteroatoms. The Morgan fingerprint density at radius 3 is 2.95 bits per heavy atom. The molecule has 0 aliphatic carbocycles. The highest BCUT2D eigenvalue weighted by Crippen LogP contribution is 2.26. The first-order chi connectivity index (χ1) is 10.7. The van der Waals surface area contributed by atoms with Crippen LogP contribution in [0.5, 0.6) is 11.5 Å². The minimum absolute atomic E-state index is 0.188. The molecule has 0 saturated carbocycles. The Kier molecular flexibility index (Phi) is 6.48. The van der Waals surface area contributed by atoms with Crippen LogP contribution in [0.25, 0.3) is 0 Å². The molecule has 1 saturated heterocycles. The third kappa shape index (κ3) is 4.89. The number of hydrogen-bond donors (Lipinski definition) is 1. The van der Waals surface area contributed by atoms with E-state index < -0.39 is 5.97 Å². The molecule has 122 valence electrons. The molecule has 1 atom stereocenters. The second kappa shape index (κ2) is 8.60. The van der Waals surface area contributed by atoms with Crippen molar-refractivity contribution in [2.75, 3.05) is 19.8 Å². The van der Waals surface area contributed by atoms with E-state index in [-0.39, 0.29) is 19.5 Å². The second-order valence-corrected chi connectivity index (χ2v) is 4.94. The molecular formula is C16H22O6. The van der Waals surface area contributed by atoms with E-state index in [1.165, 1.54) is 0 Å². The highest BCUT2D eigenvalue weighted by molar-refractivity contribution is 5.71. The van der Waals surface area contributed by atoms with Gasteiger partial charge in [-0.05, 0) is 38.0 Å². The lowest BCUT2D eigenvalue weighted by Gasteiger charge is -2.23. The highest BCUT2D eigenvalue weighted by atomic mass is 16.7. The van der Waals surface area contributed by atoms with Gasteiger partial charge in [-0.3, -0.25) is 0 Å². The third-order valence-corrected chi connectivity index (χ3v) is 3.26. The van der Waals surface area contributed by atoms with E-state index in [4.69, 9.17) is 18.9 Å². The molecule has 0 bridgehead atoms. The van der Waals surface area contributed by atoms with Gasteiger partial charge < -0.3 is 24.1 Å². The Hall–Kier alpha value is -1.79. The van der Waals surface area contributed by atoms with Crippen molar-refractivity contribution in [2.24, 2.45) is 0 Å². The number of benzene rings is 1. The highest BCUT2D eigenvalue weighted by Gasteiger charge is 2.16. The first kappa shape index (κ1) is 16.6. The van der Waals surface area contributed by atoms with E-state index in [0.717, 1.165) is 19.3 Å². The molecule has 1 aromatic carbocycles. The van der Waals surface area contributed by atoms with Gasteiger partial charge in [0.05, 0.1) is 19.8 Å². The molecule has 0 amide bonds. The normalized spacial score (nSPS) is 17.8. The van der Waals surface area contributed by atoms with Gasteiger partial charge in [-0.15, -0.1) is 0 Å². The number of carbonyl (C=O) groups is 1. The Balaban J connectivity index is 1.95. The van der Waals surface area contributed by atoms with Crippen molar-refractivity contribution in [3.05, 3.63) is 23.8 Å². The number of carbonyl (C=O) groups excluding carboxylic acids is 1. The minimum Gasteiger partial charge on any atom is -0.482 e. The summed E-state index contributed by atoms with van der Waals surface area (Å²) in [4.78, 5) is 11.3. The fraction of sp³-hybridized carbons (Fsp3) is 0.562. The van der Waals surface area contributed by atoms with Gasteiger partial charge in [0.25, 0.3) is 0 Å². The lowest BCUT2D eigenvalue weighted by Crippen LogP contribution is -2.25. The van der Waals surface area contributed by atoms with Gasteiger partial charge in [0.2, 0.25) is 0 Å². The van der Waals surface area contributed by atoms with Gasteiger partial charge in [0.1, 0.15) is 11.5 Å². The first-order valence-electron chi connectivity index (χ1n) is 7.53. The molecule has 1 heterocycles. The third-order valence-electron chi connectivity index (χ3n) is 3.26. The van der Waals surface area contributed by atoms with Gasteiger partial charge >= 0.3 is 5.97 Å². The first-order valence-corrected chi connectivity index (χ1v) is 7.53. The van der Waals surface area contributed by atoms with Crippen LogP contribution >= 0.6 is 0 Å². The summed E-state index contributed by atoms with van der Waals surface area (Å²) in [5.41, 5.74) is 0.553. The summed E-state index contributed by atoms with van der Waals surface area (Å²) in [6.45, 7) is 2.35. The topological polar surface area (TPSA) is 74.2 Å². The van der Waals surface area contributed by atoms with E-state index >= 15 is 0 Å². The van der Waals surface area contributed by atoms with Crippen LogP contribution in [0, 0.1) is 0 Å². The van der Waals surface area contributed by atoms with Crippen LogP contribution in [-0.4, -0.2) is 37.2 Å². The molecule has 0 radical (unpaired) electrons. The molecule has 0 spiro atoms. The summed E-state index contributed by atoms with van der Waals surface area (Å²) in [5.74, 6) is 0.606. The zero-order valence-electron chi connectivity index (χ0n) is 12.7. The molecule has 22 heavy (non-hydrogen) atoms. The van der Waals surface area contributed by atoms with Crippen molar-refractivity contribution in [2.45, 2.75) is 39.1 Å². The average Bonchev–Trinajstić information content (AvgIpc) is 2.54. The van der Waals surface area contributed by atoms with Crippen molar-refractivity contribution < 1.29 is 28.8 Å². The SMILES string of the molecule is CCOC(=O)COc1ccc(OC2CCCCO2)cc1CO. The van der Waals surface area contributed by atoms with Crippen molar-refractivity contribution >= 4 is 5.97 Å². The van der Waals surface area contributed by atoms with E-state index in [1.807, 2.05) is 0 Å². The second-order valence-electron chi connectivity index (χ2n) is 4.94. The maximum Gasteiger partial charge on any atom is 0.344 e. The lowest BCUT2D eigenvalue weighted by molar-refractivity contribution is -0.145. The predicted octanol–water partition coefficient (Wildman–Crippen LogP) is 2.03. The molecule has 1 aliphatic heterocycles. The predicted molar refractivity (Wildman–Crippen MR) is 78.7 cm³/mol. The summed E-state index contributed by atoms with van der Waals surface area (Å²) >= 11 is 0. The lowest BCUT2D eigenvalue weighted by atomic mass is 10.2. The smallest absolute Gasteiger partial charge is 0.344 e. The van der Waals surface area contributed by atoms with Crippen LogP contribution in [0.1, 0.15) is 31.7 Å². The summed E-state index contributed by atoms with van der Waals surface area (Å²) in [7, 11) is 0. The van der Waals surface area contributed by atoms with Gasteiger partial charge in [-0.1, -0.05) is 0 Å². The minimum atomic E-state index is -0.442. The van der Waals surface area contributed by atoms with Crippen LogP contribution in [0.2, 0.25) is 0 Å². The number of aliphatic hydroxyl groups is 1. The van der Waals surface area contributed by atoms with Crippen LogP contribution in [0.4, 0.5) is 0 Å². The van der Waals surface area contributed by atoms with Crippen molar-refractivity contribution in [3.63, 3.8) is 0 Å². The van der Waals surface area contributed by atoms with Crippen LogP contribution in [0.3, 0.4) is 0 Å². The molecule has 2 rings (SSSR count). The number of aliphatic hydroxyl groups excluding tert-OH is 1. The summed E-state index contributed by atoms with van der Waals surface area (Å²) in [6, 6.07) is 5.10. The number of ether oxygens (including phenoxy) is 4. The van der Waals surface area contributed by atoms with Gasteiger partial charge in [0.15, 0.2) is 12.9 Å². The zero-order valence-corrected chi connectivity index (χ0v) is 12.7. The Morgan fingerprint density at radius 2 is 2.27 bits per heavy atom. The Morgan fingerprint density at radius 1 is 1.41 bits per heavy atom. The van der Waals surface area contributed by atoms with E-state index in [9.17, 15) is 9.90 Å². The zero-order chi connectivity index (χ0) is 15.8. The quantitative estimate of drug-likeness (QED) is 0.777.